The third-order valence-electron chi connectivity index (χ3n) is 4.40. The summed E-state index contributed by atoms with van der Waals surface area (Å²) in [5.74, 6) is 0.860. The van der Waals surface area contributed by atoms with Crippen molar-refractivity contribution in [1.29, 1.82) is 0 Å². The van der Waals surface area contributed by atoms with Crippen LogP contribution in [-0.2, 0) is 9.59 Å². The second kappa shape index (κ2) is 4.80. The highest BCUT2D eigenvalue weighted by Crippen LogP contribution is 2.45. The predicted octanol–water partition coefficient (Wildman–Crippen LogP) is 1.94. The smallest absolute Gasteiger partial charge is 0.246 e. The van der Waals surface area contributed by atoms with Gasteiger partial charge in [0.25, 0.3) is 0 Å². The van der Waals surface area contributed by atoms with Crippen molar-refractivity contribution in [2.24, 2.45) is 11.8 Å². The van der Waals surface area contributed by atoms with E-state index in [0.717, 1.165) is 12.8 Å². The van der Waals surface area contributed by atoms with Crippen LogP contribution < -0.4 is 5.32 Å². The van der Waals surface area contributed by atoms with E-state index in [1.54, 1.807) is 0 Å². The highest BCUT2D eigenvalue weighted by molar-refractivity contribution is 6.00. The highest BCUT2D eigenvalue weighted by Gasteiger charge is 2.57. The third-order valence-corrected chi connectivity index (χ3v) is 4.40. The van der Waals surface area contributed by atoms with E-state index in [4.69, 9.17) is 0 Å². The zero-order valence-corrected chi connectivity index (χ0v) is 12.7. The van der Waals surface area contributed by atoms with E-state index in [2.05, 4.69) is 19.2 Å². The van der Waals surface area contributed by atoms with Gasteiger partial charge in [-0.15, -0.1) is 0 Å². The quantitative estimate of drug-likeness (QED) is 0.845. The molecule has 2 aliphatic rings. The Morgan fingerprint density at radius 3 is 2.26 bits per heavy atom. The molecule has 0 radical (unpaired) electrons. The molecule has 1 N–H and O–H groups in total. The minimum atomic E-state index is -0.640. The lowest BCUT2D eigenvalue weighted by Gasteiger charge is -2.49. The maximum absolute atomic E-state index is 12.7. The summed E-state index contributed by atoms with van der Waals surface area (Å²) in [5.41, 5.74) is -0.640. The van der Waals surface area contributed by atoms with Crippen LogP contribution in [0.4, 0.5) is 0 Å². The number of hydrogen-bond acceptors (Lipinski definition) is 2. The summed E-state index contributed by atoms with van der Waals surface area (Å²) < 4.78 is 0. The Kier molecular flexibility index (Phi) is 3.63. The lowest BCUT2D eigenvalue weighted by Crippen LogP contribution is -2.72. The Morgan fingerprint density at radius 1 is 1.26 bits per heavy atom. The number of hydrogen-bond donors (Lipinski definition) is 1. The minimum Gasteiger partial charge on any atom is -0.342 e. The summed E-state index contributed by atoms with van der Waals surface area (Å²) >= 11 is 0. The molecule has 0 bridgehead atoms. The van der Waals surface area contributed by atoms with Crippen LogP contribution in [0.2, 0.25) is 0 Å². The van der Waals surface area contributed by atoms with Crippen molar-refractivity contribution in [3.63, 3.8) is 0 Å². The summed E-state index contributed by atoms with van der Waals surface area (Å²) in [6.45, 7) is 10.1. The number of amides is 2. The second-order valence-corrected chi connectivity index (χ2v) is 6.88. The topological polar surface area (TPSA) is 49.4 Å². The average molecular weight is 266 g/mol. The zero-order valence-electron chi connectivity index (χ0n) is 12.7. The van der Waals surface area contributed by atoms with Crippen molar-refractivity contribution in [1.82, 2.24) is 10.2 Å². The number of carbonyl (C=O) groups is 2. The fraction of sp³-hybridized carbons (Fsp3) is 0.867. The van der Waals surface area contributed by atoms with Gasteiger partial charge in [0, 0.05) is 6.04 Å². The average Bonchev–Trinajstić information content (AvgIpc) is 3.08. The molecular weight excluding hydrogens is 240 g/mol. The third kappa shape index (κ3) is 2.37. The van der Waals surface area contributed by atoms with Gasteiger partial charge in [0.15, 0.2) is 0 Å². The molecule has 0 aromatic heterocycles. The number of carbonyl (C=O) groups excluding carboxylic acids is 2. The highest BCUT2D eigenvalue weighted by atomic mass is 16.2. The Bertz CT molecular complexity index is 388. The van der Waals surface area contributed by atoms with E-state index in [1.165, 1.54) is 0 Å². The number of nitrogens with one attached hydrogen (secondary N) is 1. The van der Waals surface area contributed by atoms with Crippen molar-refractivity contribution in [3.05, 3.63) is 0 Å². The Balaban J connectivity index is 2.29. The SMILES string of the molecule is CC(C)CC1NC(=O)C(C)(C2CC2)N(C(C)C)C1=O. The summed E-state index contributed by atoms with van der Waals surface area (Å²) in [6, 6.07) is -0.277. The van der Waals surface area contributed by atoms with E-state index < -0.39 is 5.54 Å². The molecule has 0 aromatic carbocycles. The lowest BCUT2D eigenvalue weighted by molar-refractivity contribution is -0.161. The molecule has 2 amide bonds. The van der Waals surface area contributed by atoms with Crippen LogP contribution in [0.15, 0.2) is 0 Å². The normalized spacial score (nSPS) is 32.2. The van der Waals surface area contributed by atoms with Gasteiger partial charge in [0.2, 0.25) is 11.8 Å². The Hall–Kier alpha value is -1.06. The van der Waals surface area contributed by atoms with E-state index in [-0.39, 0.29) is 23.9 Å². The van der Waals surface area contributed by atoms with Crippen LogP contribution in [0.5, 0.6) is 0 Å². The van der Waals surface area contributed by atoms with E-state index >= 15 is 0 Å². The molecule has 108 valence electrons. The Morgan fingerprint density at radius 2 is 1.84 bits per heavy atom. The molecule has 2 atom stereocenters. The molecule has 1 heterocycles. The van der Waals surface area contributed by atoms with Gasteiger partial charge in [-0.25, -0.2) is 0 Å². The molecule has 4 heteroatoms. The summed E-state index contributed by atoms with van der Waals surface area (Å²) in [4.78, 5) is 27.1. The monoisotopic (exact) mass is 266 g/mol. The predicted molar refractivity (Wildman–Crippen MR) is 74.5 cm³/mol. The maximum atomic E-state index is 12.7. The largest absolute Gasteiger partial charge is 0.342 e. The molecular formula is C15H26N2O2. The van der Waals surface area contributed by atoms with Gasteiger partial charge in [-0.1, -0.05) is 13.8 Å². The van der Waals surface area contributed by atoms with Crippen LogP contribution in [0.1, 0.15) is 53.9 Å². The van der Waals surface area contributed by atoms with Gasteiger partial charge in [-0.2, -0.15) is 0 Å². The lowest BCUT2D eigenvalue weighted by atomic mass is 9.85. The first-order valence-electron chi connectivity index (χ1n) is 7.42. The molecule has 1 aliphatic carbocycles. The summed E-state index contributed by atoms with van der Waals surface area (Å²) in [7, 11) is 0. The second-order valence-electron chi connectivity index (χ2n) is 6.88. The van der Waals surface area contributed by atoms with Crippen LogP contribution >= 0.6 is 0 Å². The van der Waals surface area contributed by atoms with Crippen LogP contribution in [0, 0.1) is 11.8 Å². The molecule has 0 spiro atoms. The van der Waals surface area contributed by atoms with Crippen molar-refractivity contribution in [2.45, 2.75) is 71.5 Å². The molecule has 1 saturated carbocycles. The van der Waals surface area contributed by atoms with Crippen molar-refractivity contribution in [3.8, 4) is 0 Å². The molecule has 19 heavy (non-hydrogen) atoms. The fourth-order valence-corrected chi connectivity index (χ4v) is 3.32. The summed E-state index contributed by atoms with van der Waals surface area (Å²) in [5, 5.41) is 2.96. The van der Waals surface area contributed by atoms with Crippen LogP contribution in [0.25, 0.3) is 0 Å². The van der Waals surface area contributed by atoms with E-state index in [0.29, 0.717) is 18.3 Å². The first-order chi connectivity index (χ1) is 8.78. The minimum absolute atomic E-state index is 0.0361. The number of rotatable bonds is 4. The first kappa shape index (κ1) is 14.4. The van der Waals surface area contributed by atoms with Gasteiger partial charge in [0.05, 0.1) is 0 Å². The standard InChI is InChI=1S/C15H26N2O2/c1-9(2)8-12-13(18)17(10(3)4)15(5,11-6-7-11)14(19)16-12/h9-12H,6-8H2,1-5H3,(H,16,19). The van der Waals surface area contributed by atoms with Crippen LogP contribution in [-0.4, -0.2) is 34.3 Å². The van der Waals surface area contributed by atoms with Gasteiger partial charge in [-0.05, 0) is 51.9 Å². The molecule has 2 fully saturated rings. The molecule has 1 saturated heterocycles. The molecule has 0 aromatic rings. The van der Waals surface area contributed by atoms with Gasteiger partial charge >= 0.3 is 0 Å². The number of nitrogens with zero attached hydrogens (tertiary/aromatic N) is 1. The van der Waals surface area contributed by atoms with Crippen molar-refractivity contribution >= 4 is 11.8 Å². The first-order valence-corrected chi connectivity index (χ1v) is 7.42. The van der Waals surface area contributed by atoms with E-state index in [1.807, 2.05) is 25.7 Å². The molecule has 1 aliphatic heterocycles. The van der Waals surface area contributed by atoms with E-state index in [9.17, 15) is 9.59 Å². The maximum Gasteiger partial charge on any atom is 0.246 e. The zero-order chi connectivity index (χ0) is 14.4. The number of piperazine rings is 1. The Labute approximate surface area is 115 Å². The summed E-state index contributed by atoms with van der Waals surface area (Å²) in [6.07, 6.45) is 2.82. The van der Waals surface area contributed by atoms with Gasteiger partial charge < -0.3 is 10.2 Å². The fourth-order valence-electron chi connectivity index (χ4n) is 3.32. The van der Waals surface area contributed by atoms with Crippen molar-refractivity contribution in [2.75, 3.05) is 0 Å². The molecule has 2 unspecified atom stereocenters. The molecule has 4 nitrogen and oxygen atoms in total. The van der Waals surface area contributed by atoms with Crippen LogP contribution in [0.3, 0.4) is 0 Å². The van der Waals surface area contributed by atoms with Gasteiger partial charge in [-0.3, -0.25) is 9.59 Å². The van der Waals surface area contributed by atoms with Gasteiger partial charge in [0.1, 0.15) is 11.6 Å². The van der Waals surface area contributed by atoms with Crippen molar-refractivity contribution < 1.29 is 9.59 Å². The molecule has 2 rings (SSSR count).